The Morgan fingerprint density at radius 3 is 2.51 bits per heavy atom. The zero-order valence-corrected chi connectivity index (χ0v) is 43.6. The van der Waals surface area contributed by atoms with E-state index in [9.17, 15) is 24.0 Å². The second-order valence-electron chi connectivity index (χ2n) is 21.2. The SMILES string of the molecule is CCn1c(-c2cccnc2[C@H](C)OC)c2c3cc(ccc31)-c1cccc(c1)C[C@H](NC(=O)[C@H](C(C)C)N(C)C(=O)[C@H]1CCN(C(=O)/C=C/CN3CC(OC)C3)C1)C(=O)N1CCC[C@H](N1)C(=O)OCC(C)(C)C2. The summed E-state index contributed by atoms with van der Waals surface area (Å²) in [5.74, 6) is -2.48. The number of fused-ring (bicyclic) bond motifs is 6. The number of methoxy groups -OCH3 is 2. The van der Waals surface area contributed by atoms with Crippen molar-refractivity contribution in [3.63, 3.8) is 0 Å². The Labute approximate surface area is 424 Å². The summed E-state index contributed by atoms with van der Waals surface area (Å²) in [6.07, 6.45) is 7.43. The van der Waals surface area contributed by atoms with Crippen LogP contribution in [-0.2, 0) is 57.6 Å². The van der Waals surface area contributed by atoms with Crippen LogP contribution in [-0.4, -0.2) is 150 Å². The Balaban J connectivity index is 1.09. The first-order chi connectivity index (χ1) is 34.5. The summed E-state index contributed by atoms with van der Waals surface area (Å²) in [5, 5.41) is 5.61. The van der Waals surface area contributed by atoms with Crippen molar-refractivity contribution in [3.8, 4) is 22.4 Å². The topological polar surface area (TPSA) is 168 Å². The quantitative estimate of drug-likeness (QED) is 0.120. The minimum Gasteiger partial charge on any atom is -0.464 e. The van der Waals surface area contributed by atoms with Crippen molar-refractivity contribution in [1.29, 1.82) is 0 Å². The number of carbonyl (C=O) groups is 5. The Hall–Kier alpha value is -5.94. The normalized spacial score (nSPS) is 21.9. The molecule has 6 bridgehead atoms. The third-order valence-corrected chi connectivity index (χ3v) is 15.0. The van der Waals surface area contributed by atoms with Crippen molar-refractivity contribution >= 4 is 40.5 Å². The molecule has 4 aliphatic heterocycles. The standard InChI is InChI=1S/C56H74N8O8/c1-10-63-47-21-20-39-29-43(47)44(51(63)42-17-12-23-57-49(42)36(4)70-8)30-56(5,6)34-72-55(69)45-18-13-25-64(59-45)54(68)46(28-37-15-11-16-38(39)27-37)58-52(66)50(35(2)3)60(7)53(67)40-22-26-62(31-40)48(65)19-14-24-61-32-41(33-61)71-9/h11-12,14-17,19-21,23,27,29,35-36,40-41,45-46,50,59H,10,13,18,22,24-26,28,30-34H2,1-9H3,(H,58,66)/b19-14+/t36-,40-,45-,46-,50-/m0/s1. The summed E-state index contributed by atoms with van der Waals surface area (Å²) < 4.78 is 19.7. The van der Waals surface area contributed by atoms with Crippen LogP contribution in [0, 0.1) is 17.3 Å². The van der Waals surface area contributed by atoms with E-state index in [1.807, 2.05) is 45.0 Å². The fraction of sp³-hybridized carbons (Fsp3) is 0.536. The molecule has 2 N–H and O–H groups in total. The maximum atomic E-state index is 14.8. The second kappa shape index (κ2) is 22.4. The lowest BCUT2D eigenvalue weighted by molar-refractivity contribution is -0.155. The molecule has 0 aliphatic carbocycles. The molecule has 4 aromatic rings. The van der Waals surface area contributed by atoms with Crippen LogP contribution in [0.3, 0.4) is 0 Å². The highest BCUT2D eigenvalue weighted by molar-refractivity contribution is 5.96. The van der Waals surface area contributed by atoms with E-state index in [0.29, 0.717) is 51.9 Å². The van der Waals surface area contributed by atoms with E-state index in [1.54, 1.807) is 38.4 Å². The molecule has 4 amide bonds. The number of esters is 1. The number of nitrogens with one attached hydrogen (secondary N) is 2. The highest BCUT2D eigenvalue weighted by atomic mass is 16.5. The number of cyclic esters (lactones) is 1. The van der Waals surface area contributed by atoms with Gasteiger partial charge in [0.1, 0.15) is 18.1 Å². The first-order valence-corrected chi connectivity index (χ1v) is 25.7. The molecule has 16 nitrogen and oxygen atoms in total. The molecule has 2 aromatic heterocycles. The number of hydrogen-bond acceptors (Lipinski definition) is 11. The van der Waals surface area contributed by atoms with Crippen molar-refractivity contribution in [2.75, 3.05) is 67.1 Å². The first-order valence-electron chi connectivity index (χ1n) is 25.7. The lowest BCUT2D eigenvalue weighted by atomic mass is 9.84. The largest absolute Gasteiger partial charge is 0.464 e. The smallest absolute Gasteiger partial charge is 0.324 e. The van der Waals surface area contributed by atoms with Crippen LogP contribution in [0.2, 0.25) is 0 Å². The molecule has 16 heteroatoms. The van der Waals surface area contributed by atoms with Crippen molar-refractivity contribution in [2.45, 2.75) is 111 Å². The molecule has 3 saturated heterocycles. The maximum Gasteiger partial charge on any atom is 0.324 e. The van der Waals surface area contributed by atoms with Crippen LogP contribution in [0.4, 0.5) is 0 Å². The fourth-order valence-electron chi connectivity index (χ4n) is 11.0. The number of amides is 4. The molecule has 5 atom stereocenters. The summed E-state index contributed by atoms with van der Waals surface area (Å²) in [7, 11) is 5.02. The van der Waals surface area contributed by atoms with Gasteiger partial charge in [-0.15, -0.1) is 0 Å². The van der Waals surface area contributed by atoms with Crippen LogP contribution in [0.15, 0.2) is 72.9 Å². The van der Waals surface area contributed by atoms with Gasteiger partial charge in [0.15, 0.2) is 0 Å². The molecule has 386 valence electrons. The van der Waals surface area contributed by atoms with Crippen LogP contribution in [0.1, 0.15) is 83.7 Å². The number of nitrogens with zero attached hydrogens (tertiary/aromatic N) is 6. The highest BCUT2D eigenvalue weighted by Crippen LogP contribution is 2.42. The number of hydrazine groups is 1. The van der Waals surface area contributed by atoms with Gasteiger partial charge in [0.05, 0.1) is 36.1 Å². The summed E-state index contributed by atoms with van der Waals surface area (Å²) >= 11 is 0. The number of aryl methyl sites for hydroxylation is 1. The van der Waals surface area contributed by atoms with Gasteiger partial charge in [0, 0.05) is 108 Å². The second-order valence-corrected chi connectivity index (χ2v) is 21.2. The van der Waals surface area contributed by atoms with Gasteiger partial charge in [-0.3, -0.25) is 38.9 Å². The lowest BCUT2D eigenvalue weighted by Gasteiger charge is -2.37. The van der Waals surface area contributed by atoms with Gasteiger partial charge in [0.25, 0.3) is 5.91 Å². The van der Waals surface area contributed by atoms with Crippen molar-refractivity contribution in [2.24, 2.45) is 17.3 Å². The molecule has 3 fully saturated rings. The van der Waals surface area contributed by atoms with E-state index in [0.717, 1.165) is 63.2 Å². The molecule has 72 heavy (non-hydrogen) atoms. The van der Waals surface area contributed by atoms with Crippen LogP contribution in [0.25, 0.3) is 33.3 Å². The minimum absolute atomic E-state index is 0.134. The Bertz CT molecular complexity index is 2670. The number of aromatic nitrogens is 2. The molecular formula is C56H74N8O8. The number of likely N-dealkylation sites (tertiary alicyclic amines) is 2. The Morgan fingerprint density at radius 1 is 1.00 bits per heavy atom. The van der Waals surface area contributed by atoms with Crippen molar-refractivity contribution < 1.29 is 38.2 Å². The number of rotatable bonds is 13. The van der Waals surface area contributed by atoms with Gasteiger partial charge in [-0.25, -0.2) is 5.43 Å². The van der Waals surface area contributed by atoms with E-state index < -0.39 is 47.2 Å². The molecule has 2 aromatic carbocycles. The van der Waals surface area contributed by atoms with E-state index in [1.165, 1.54) is 9.91 Å². The number of carbonyl (C=O) groups excluding carboxylic acids is 5. The fourth-order valence-corrected chi connectivity index (χ4v) is 11.0. The zero-order valence-electron chi connectivity index (χ0n) is 43.6. The van der Waals surface area contributed by atoms with E-state index in [2.05, 4.69) is 77.4 Å². The molecule has 0 unspecified atom stereocenters. The van der Waals surface area contributed by atoms with Gasteiger partial charge in [-0.2, -0.15) is 0 Å². The average molecular weight is 987 g/mol. The molecule has 4 aliphatic rings. The van der Waals surface area contributed by atoms with Crippen LogP contribution >= 0.6 is 0 Å². The molecule has 8 rings (SSSR count). The Kier molecular flexibility index (Phi) is 16.3. The lowest BCUT2D eigenvalue weighted by Crippen LogP contribution is -2.62. The third kappa shape index (κ3) is 11.3. The van der Waals surface area contributed by atoms with Gasteiger partial charge < -0.3 is 33.9 Å². The number of benzene rings is 2. The predicted octanol–water partition coefficient (Wildman–Crippen LogP) is 5.96. The number of hydrogen-bond donors (Lipinski definition) is 2. The summed E-state index contributed by atoms with van der Waals surface area (Å²) in [6, 6.07) is 15.9. The molecule has 0 saturated carbocycles. The van der Waals surface area contributed by atoms with Crippen molar-refractivity contribution in [1.82, 2.24) is 40.0 Å². The van der Waals surface area contributed by atoms with Gasteiger partial charge >= 0.3 is 5.97 Å². The van der Waals surface area contributed by atoms with E-state index >= 15 is 0 Å². The average Bonchev–Trinajstić information content (AvgIpc) is 3.98. The van der Waals surface area contributed by atoms with Gasteiger partial charge in [0.2, 0.25) is 17.7 Å². The molecule has 0 radical (unpaired) electrons. The molecule has 0 spiro atoms. The summed E-state index contributed by atoms with van der Waals surface area (Å²) in [5.41, 5.74) is 10.5. The molecule has 6 heterocycles. The number of pyridine rings is 1. The van der Waals surface area contributed by atoms with Gasteiger partial charge in [-0.1, -0.05) is 64.1 Å². The molecular weight excluding hydrogens is 913 g/mol. The highest BCUT2D eigenvalue weighted by Gasteiger charge is 2.40. The monoisotopic (exact) mass is 987 g/mol. The number of ether oxygens (including phenoxy) is 3. The number of likely N-dealkylation sites (N-methyl/N-ethyl adjacent to an activating group) is 1. The van der Waals surface area contributed by atoms with E-state index in [4.69, 9.17) is 19.2 Å². The zero-order chi connectivity index (χ0) is 51.4. The van der Waals surface area contributed by atoms with Gasteiger partial charge in [-0.05, 0) is 92.0 Å². The van der Waals surface area contributed by atoms with Crippen molar-refractivity contribution in [3.05, 3.63) is 89.8 Å². The van der Waals surface area contributed by atoms with Crippen LogP contribution < -0.4 is 10.7 Å². The summed E-state index contributed by atoms with van der Waals surface area (Å²) in [4.78, 5) is 81.0. The first kappa shape index (κ1) is 52.4. The maximum absolute atomic E-state index is 14.8. The van der Waals surface area contributed by atoms with E-state index in [-0.39, 0.29) is 49.5 Å². The predicted molar refractivity (Wildman–Crippen MR) is 276 cm³/mol. The van der Waals surface area contributed by atoms with Crippen LogP contribution in [0.5, 0.6) is 0 Å². The third-order valence-electron chi connectivity index (χ3n) is 15.0. The summed E-state index contributed by atoms with van der Waals surface area (Å²) in [6.45, 7) is 16.3. The Morgan fingerprint density at radius 2 is 1.78 bits per heavy atom. The minimum atomic E-state index is -1.06.